The number of hydrogen-bond acceptors (Lipinski definition) is 20. The topological polar surface area (TPSA) is 420 Å². The molecule has 0 aromatic carbocycles. The number of amides is 3. The monoisotopic (exact) mass is 1240 g/mol. The molecule has 1 saturated heterocycles. The van der Waals surface area contributed by atoms with E-state index in [4.69, 9.17) is 35.9 Å². The molecule has 496 valence electrons. The van der Waals surface area contributed by atoms with Crippen LogP contribution in [0.1, 0.15) is 228 Å². The second kappa shape index (κ2) is 43.3. The zero-order chi connectivity index (χ0) is 64.2. The number of primary amides is 1. The number of Topliss-reactive ketones (excluding diaryl/α,β-unsaturated/α-hetero) is 3. The number of aliphatic hydroxyl groups excluding tert-OH is 5. The van der Waals surface area contributed by atoms with Gasteiger partial charge < -0.3 is 81.3 Å². The van der Waals surface area contributed by atoms with Crippen LogP contribution in [0, 0.1) is 0 Å². The standard InChI is InChI=1S/C59H111N6O19P/c1-7-9-11-13-15-17-19-21-23-25-27-29-31-33-46(69)59(47(70)40-67,52(73)43(63-36-37-81-85(79)80)32-30-28-26-24-22-20-18-16-14-12-10-8-2)84-58(6,62)55(76)64-44(53(61)74)34-35-48(71)65(57(5,42(4)68)56(77)78)38-41(3)82-51-49(60)54(75)83-45(39-66)50(51)72/h41,43-45,47,49-51,54,63,66-67,70,72,75,85H,7-40,60,62H2,1-6H3,(H2,61,74)(H,64,76)(H,77,78)(H,79,80)/t41?,43?,44-,45-,47+,49-,50-,51-,54+,57-,58-,59?/m1/s1. The first-order valence-electron chi connectivity index (χ1n) is 31.4. The molecule has 1 heterocycles. The number of ether oxygens (including phenoxy) is 3. The second-order valence-electron chi connectivity index (χ2n) is 23.4. The van der Waals surface area contributed by atoms with E-state index in [0.29, 0.717) is 24.2 Å². The van der Waals surface area contributed by atoms with Gasteiger partial charge in [0, 0.05) is 25.9 Å². The molecule has 1 aliphatic rings. The van der Waals surface area contributed by atoms with E-state index >= 15 is 4.79 Å². The van der Waals surface area contributed by atoms with Crippen molar-refractivity contribution in [1.29, 1.82) is 0 Å². The summed E-state index contributed by atoms with van der Waals surface area (Å²) in [5, 5.41) is 68.8. The number of rotatable bonds is 53. The summed E-state index contributed by atoms with van der Waals surface area (Å²) in [6.07, 6.45) is 13.6. The predicted octanol–water partition coefficient (Wildman–Crippen LogP) is 4.02. The molecule has 3 amide bonds. The lowest BCUT2D eigenvalue weighted by Crippen LogP contribution is -2.70. The Kier molecular flexibility index (Phi) is 40.6. The fourth-order valence-electron chi connectivity index (χ4n) is 10.6. The normalized spacial score (nSPS) is 21.1. The first-order valence-corrected chi connectivity index (χ1v) is 32.6. The molecule has 25 nitrogen and oxygen atoms in total. The SMILES string of the molecule is CCCCCCCCCCCCCCCC(=O)C(O[C@@](C)(N)C(=O)N[C@H](CCC(=O)N(CC(C)O[C@@H]1[C@@H](N)[C@@H](O)O[C@H](CO)[C@H]1O)[C@](C)(C(C)=O)C(=O)O)C(N)=O)(C(=O)C(CCCCCCCCCCCCCC)NCCO[PH](=O)O)[C@@H](O)CO. The molecule has 4 unspecified atom stereocenters. The Hall–Kier alpha value is -3.40. The summed E-state index contributed by atoms with van der Waals surface area (Å²) in [5.41, 5.74) is 9.92. The summed E-state index contributed by atoms with van der Waals surface area (Å²) in [5.74, 6) is -8.59. The largest absolute Gasteiger partial charge is 0.479 e. The van der Waals surface area contributed by atoms with E-state index in [1.54, 1.807) is 0 Å². The van der Waals surface area contributed by atoms with E-state index in [9.17, 15) is 68.9 Å². The summed E-state index contributed by atoms with van der Waals surface area (Å²) in [4.78, 5) is 108. The van der Waals surface area contributed by atoms with Crippen LogP contribution in [0.3, 0.4) is 0 Å². The van der Waals surface area contributed by atoms with Gasteiger partial charge in [0.05, 0.1) is 38.0 Å². The Balaban J connectivity index is 3.59. The second-order valence-corrected chi connectivity index (χ2v) is 24.2. The highest BCUT2D eigenvalue weighted by Crippen LogP contribution is 2.32. The minimum absolute atomic E-state index is 0.0515. The summed E-state index contributed by atoms with van der Waals surface area (Å²) in [6.45, 7) is 5.35. The third-order valence-corrected chi connectivity index (χ3v) is 16.6. The number of carboxylic acid groups (broad SMARTS) is 1. The van der Waals surface area contributed by atoms with Gasteiger partial charge >= 0.3 is 14.2 Å². The van der Waals surface area contributed by atoms with E-state index in [1.165, 1.54) is 77.6 Å². The third-order valence-electron chi connectivity index (χ3n) is 16.1. The lowest BCUT2D eigenvalue weighted by atomic mass is 9.79. The van der Waals surface area contributed by atoms with Crippen molar-refractivity contribution in [1.82, 2.24) is 15.5 Å². The number of carboxylic acids is 1. The average molecular weight is 1240 g/mol. The molecule has 0 radical (unpaired) electrons. The molecule has 1 rings (SSSR count). The number of ketones is 3. The Morgan fingerprint density at radius 1 is 0.741 bits per heavy atom. The van der Waals surface area contributed by atoms with Gasteiger partial charge in [-0.2, -0.15) is 0 Å². The van der Waals surface area contributed by atoms with Crippen LogP contribution >= 0.6 is 8.25 Å². The minimum Gasteiger partial charge on any atom is -0.479 e. The van der Waals surface area contributed by atoms with Crippen LogP contribution in [-0.4, -0.2) is 186 Å². The van der Waals surface area contributed by atoms with E-state index in [-0.39, 0.29) is 32.4 Å². The fraction of sp³-hybridized carbons (Fsp3) is 0.881. The quantitative estimate of drug-likeness (QED) is 0.0177. The maximum absolute atomic E-state index is 15.3. The Bertz CT molecular complexity index is 1980. The van der Waals surface area contributed by atoms with Crippen molar-refractivity contribution in [2.45, 2.75) is 300 Å². The average Bonchev–Trinajstić information content (AvgIpc) is 1.21. The number of unbranched alkanes of at least 4 members (excludes halogenated alkanes) is 23. The van der Waals surface area contributed by atoms with Gasteiger partial charge in [-0.05, 0) is 47.0 Å². The third kappa shape index (κ3) is 27.9. The summed E-state index contributed by atoms with van der Waals surface area (Å²) >= 11 is 0. The van der Waals surface area contributed by atoms with Crippen LogP contribution in [-0.2, 0) is 56.9 Å². The summed E-state index contributed by atoms with van der Waals surface area (Å²) in [7, 11) is -3.38. The van der Waals surface area contributed by atoms with Crippen molar-refractivity contribution in [3.8, 4) is 0 Å². The molecule has 0 aliphatic carbocycles. The van der Waals surface area contributed by atoms with Crippen molar-refractivity contribution < 1.29 is 92.4 Å². The summed E-state index contributed by atoms with van der Waals surface area (Å²) < 4.78 is 33.5. The molecule has 15 N–H and O–H groups in total. The molecule has 1 aliphatic heterocycles. The smallest absolute Gasteiger partial charge is 0.337 e. The van der Waals surface area contributed by atoms with Gasteiger partial charge in [0.15, 0.2) is 34.9 Å². The molecule has 0 aromatic heterocycles. The van der Waals surface area contributed by atoms with Gasteiger partial charge in [0.1, 0.15) is 30.5 Å². The lowest BCUT2D eigenvalue weighted by Gasteiger charge is -2.43. The number of hydrogen-bond donors (Lipinski definition) is 12. The van der Waals surface area contributed by atoms with Crippen LogP contribution in [0.5, 0.6) is 0 Å². The lowest BCUT2D eigenvalue weighted by molar-refractivity contribution is -0.263. The van der Waals surface area contributed by atoms with Crippen LogP contribution in [0.2, 0.25) is 0 Å². The molecular weight excluding hydrogens is 1130 g/mol. The Labute approximate surface area is 505 Å². The van der Waals surface area contributed by atoms with Gasteiger partial charge in [-0.25, -0.2) is 4.79 Å². The van der Waals surface area contributed by atoms with E-state index in [0.717, 1.165) is 85.0 Å². The van der Waals surface area contributed by atoms with E-state index < -0.39 is 154 Å². The molecule has 13 atom stereocenters. The predicted molar refractivity (Wildman–Crippen MR) is 320 cm³/mol. The number of nitrogens with one attached hydrogen (secondary N) is 2. The van der Waals surface area contributed by atoms with Crippen LogP contribution in [0.15, 0.2) is 0 Å². The fourth-order valence-corrected chi connectivity index (χ4v) is 10.9. The molecule has 26 heteroatoms. The van der Waals surface area contributed by atoms with Crippen molar-refractivity contribution >= 4 is 49.3 Å². The van der Waals surface area contributed by atoms with E-state index in [1.807, 2.05) is 0 Å². The van der Waals surface area contributed by atoms with Crippen molar-refractivity contribution in [3.05, 3.63) is 0 Å². The van der Waals surface area contributed by atoms with Gasteiger partial charge in [0.25, 0.3) is 5.91 Å². The summed E-state index contributed by atoms with van der Waals surface area (Å²) in [6, 6.07) is -4.53. The molecular formula is C59H111N6O19P. The molecule has 0 bridgehead atoms. The van der Waals surface area contributed by atoms with Crippen LogP contribution < -0.4 is 27.8 Å². The van der Waals surface area contributed by atoms with Gasteiger partial charge in [0.2, 0.25) is 17.4 Å². The Morgan fingerprint density at radius 3 is 1.66 bits per heavy atom. The number of aliphatic hydroxyl groups is 5. The first kappa shape index (κ1) is 79.6. The van der Waals surface area contributed by atoms with Crippen molar-refractivity contribution in [2.24, 2.45) is 17.2 Å². The van der Waals surface area contributed by atoms with Crippen LogP contribution in [0.25, 0.3) is 0 Å². The molecule has 0 aromatic rings. The minimum atomic E-state index is -3.38. The molecule has 85 heavy (non-hydrogen) atoms. The van der Waals surface area contributed by atoms with E-state index in [2.05, 4.69) is 24.5 Å². The van der Waals surface area contributed by atoms with Crippen molar-refractivity contribution in [3.63, 3.8) is 0 Å². The molecule has 1 fully saturated rings. The zero-order valence-electron chi connectivity index (χ0n) is 51.9. The molecule has 0 saturated carbocycles. The zero-order valence-corrected chi connectivity index (χ0v) is 52.9. The van der Waals surface area contributed by atoms with Crippen LogP contribution in [0.4, 0.5) is 0 Å². The highest BCUT2D eigenvalue weighted by atomic mass is 31.1. The maximum atomic E-state index is 15.3. The van der Waals surface area contributed by atoms with Gasteiger partial charge in [-0.1, -0.05) is 168 Å². The van der Waals surface area contributed by atoms with Gasteiger partial charge in [-0.3, -0.25) is 39.1 Å². The Morgan fingerprint density at radius 2 is 1.22 bits per heavy atom. The number of carbonyl (C=O) groups excluding carboxylic acids is 6. The number of carbonyl (C=O) groups is 7. The number of nitrogens with zero attached hydrogens (tertiary/aromatic N) is 1. The first-order chi connectivity index (χ1) is 40.2. The molecule has 0 spiro atoms. The van der Waals surface area contributed by atoms with Crippen molar-refractivity contribution in [2.75, 3.05) is 32.9 Å². The van der Waals surface area contributed by atoms with Gasteiger partial charge in [-0.15, -0.1) is 0 Å². The maximum Gasteiger partial charge on any atom is 0.337 e. The number of nitrogens with two attached hydrogens (primary N) is 3. The highest BCUT2D eigenvalue weighted by Gasteiger charge is 2.58. The highest BCUT2D eigenvalue weighted by molar-refractivity contribution is 7.32. The number of aliphatic carboxylic acids is 1.